The molecule has 3 rings (SSSR count). The molecule has 0 bridgehead atoms. The third kappa shape index (κ3) is 2.10. The van der Waals surface area contributed by atoms with Gasteiger partial charge in [-0.25, -0.2) is 4.99 Å². The molecule has 102 valence electrons. The van der Waals surface area contributed by atoms with Crippen LogP contribution in [0.15, 0.2) is 4.99 Å². The smallest absolute Gasteiger partial charge is 0.189 e. The second kappa shape index (κ2) is 4.70. The molecule has 1 heterocycles. The summed E-state index contributed by atoms with van der Waals surface area (Å²) in [5, 5.41) is 3.24. The predicted octanol–water partition coefficient (Wildman–Crippen LogP) is 0.780. The number of nitrogens with two attached hydrogens (primary N) is 1. The topological polar surface area (TPSA) is 68.9 Å². The molecule has 0 aromatic heterocycles. The number of guanidine groups is 1. The summed E-state index contributed by atoms with van der Waals surface area (Å²) in [6, 6.07) is 0.722. The monoisotopic (exact) mass is 253 g/mol. The molecule has 3 aliphatic rings. The normalized spacial score (nSPS) is 39.9. The van der Waals surface area contributed by atoms with Crippen LogP contribution in [0.1, 0.15) is 39.0 Å². The minimum absolute atomic E-state index is 0.169. The first kappa shape index (κ1) is 12.2. The second-order valence-electron chi connectivity index (χ2n) is 5.54. The molecule has 3 N–H and O–H groups in total. The molecule has 1 saturated heterocycles. The number of hydrogen-bond donors (Lipinski definition) is 2. The fourth-order valence-electron chi connectivity index (χ4n) is 3.07. The van der Waals surface area contributed by atoms with E-state index in [0.29, 0.717) is 12.0 Å². The van der Waals surface area contributed by atoms with Gasteiger partial charge < -0.3 is 20.5 Å². The molecule has 0 amide bonds. The van der Waals surface area contributed by atoms with E-state index in [1.165, 1.54) is 12.8 Å². The van der Waals surface area contributed by atoms with Gasteiger partial charge in [-0.3, -0.25) is 0 Å². The van der Waals surface area contributed by atoms with Crippen LogP contribution in [0.25, 0.3) is 0 Å². The standard InChI is InChI=1S/C13H23N3O2/c1-2-17-11-8-10(13(11)6-3-7-18-13)16-12(14)15-9-4-5-9/h9-11H,2-8H2,1H3,(H3,14,15,16). The minimum atomic E-state index is -0.189. The summed E-state index contributed by atoms with van der Waals surface area (Å²) < 4.78 is 11.7. The average Bonchev–Trinajstić information content (AvgIpc) is 2.98. The number of nitrogens with one attached hydrogen (secondary N) is 1. The molecule has 0 aromatic rings. The Kier molecular flexibility index (Phi) is 3.20. The van der Waals surface area contributed by atoms with E-state index in [4.69, 9.17) is 15.2 Å². The zero-order valence-corrected chi connectivity index (χ0v) is 11.0. The van der Waals surface area contributed by atoms with E-state index in [-0.39, 0.29) is 17.7 Å². The number of hydrogen-bond acceptors (Lipinski definition) is 3. The Hall–Kier alpha value is -0.810. The van der Waals surface area contributed by atoms with Gasteiger partial charge in [0.1, 0.15) is 5.60 Å². The average molecular weight is 253 g/mol. The number of nitrogens with zero attached hydrogens (tertiary/aromatic N) is 1. The van der Waals surface area contributed by atoms with Crippen LogP contribution < -0.4 is 11.1 Å². The van der Waals surface area contributed by atoms with Crippen LogP contribution in [0.5, 0.6) is 0 Å². The van der Waals surface area contributed by atoms with E-state index in [2.05, 4.69) is 10.3 Å². The molecular weight excluding hydrogens is 230 g/mol. The van der Waals surface area contributed by atoms with Crippen molar-refractivity contribution in [1.82, 2.24) is 5.32 Å². The SMILES string of the molecule is CCOC1CC(N=C(N)NC2CC2)C12CCCO2. The van der Waals surface area contributed by atoms with Gasteiger partial charge in [0, 0.05) is 25.7 Å². The molecule has 5 nitrogen and oxygen atoms in total. The highest BCUT2D eigenvalue weighted by molar-refractivity contribution is 5.78. The zero-order chi connectivity index (χ0) is 12.6. The van der Waals surface area contributed by atoms with Crippen molar-refractivity contribution in [3.63, 3.8) is 0 Å². The lowest BCUT2D eigenvalue weighted by Gasteiger charge is -2.50. The van der Waals surface area contributed by atoms with Crippen LogP contribution in [0.2, 0.25) is 0 Å². The van der Waals surface area contributed by atoms with Crippen LogP contribution in [0, 0.1) is 0 Å². The maximum atomic E-state index is 5.96. The van der Waals surface area contributed by atoms with Crippen molar-refractivity contribution in [2.75, 3.05) is 13.2 Å². The molecular formula is C13H23N3O2. The summed E-state index contributed by atoms with van der Waals surface area (Å²) in [4.78, 5) is 4.61. The highest BCUT2D eigenvalue weighted by atomic mass is 16.6. The van der Waals surface area contributed by atoms with Crippen LogP contribution in [0.3, 0.4) is 0 Å². The van der Waals surface area contributed by atoms with Gasteiger partial charge in [-0.15, -0.1) is 0 Å². The Morgan fingerprint density at radius 2 is 2.39 bits per heavy atom. The highest BCUT2D eigenvalue weighted by Crippen LogP contribution is 2.47. The molecule has 2 saturated carbocycles. The lowest BCUT2D eigenvalue weighted by molar-refractivity contribution is -0.188. The number of ether oxygens (including phenoxy) is 2. The first-order valence-electron chi connectivity index (χ1n) is 7.10. The molecule has 5 heteroatoms. The lowest BCUT2D eigenvalue weighted by atomic mass is 9.70. The zero-order valence-electron chi connectivity index (χ0n) is 11.0. The predicted molar refractivity (Wildman–Crippen MR) is 69.5 cm³/mol. The maximum Gasteiger partial charge on any atom is 0.189 e. The Morgan fingerprint density at radius 3 is 3.00 bits per heavy atom. The molecule has 1 spiro atoms. The summed E-state index contributed by atoms with van der Waals surface area (Å²) in [7, 11) is 0. The molecule has 0 radical (unpaired) electrons. The second-order valence-corrected chi connectivity index (χ2v) is 5.54. The molecule has 1 aliphatic heterocycles. The fourth-order valence-corrected chi connectivity index (χ4v) is 3.07. The van der Waals surface area contributed by atoms with Crippen molar-refractivity contribution < 1.29 is 9.47 Å². The molecule has 3 atom stereocenters. The third-order valence-corrected chi connectivity index (χ3v) is 4.22. The molecule has 3 fully saturated rings. The van der Waals surface area contributed by atoms with Crippen molar-refractivity contribution >= 4 is 5.96 Å². The molecule has 2 aliphatic carbocycles. The van der Waals surface area contributed by atoms with Crippen molar-refractivity contribution in [1.29, 1.82) is 0 Å². The first-order chi connectivity index (χ1) is 8.74. The van der Waals surface area contributed by atoms with Gasteiger partial charge in [-0.2, -0.15) is 0 Å². The van der Waals surface area contributed by atoms with E-state index in [1.54, 1.807) is 0 Å². The van der Waals surface area contributed by atoms with Gasteiger partial charge in [-0.05, 0) is 32.6 Å². The Balaban J connectivity index is 1.65. The Labute approximate surface area is 108 Å². The highest BCUT2D eigenvalue weighted by Gasteiger charge is 2.59. The molecule has 0 aromatic carbocycles. The van der Waals surface area contributed by atoms with Gasteiger partial charge in [0.15, 0.2) is 5.96 Å². The van der Waals surface area contributed by atoms with Crippen LogP contribution in [-0.4, -0.2) is 43.0 Å². The van der Waals surface area contributed by atoms with E-state index < -0.39 is 0 Å². The number of rotatable bonds is 4. The minimum Gasteiger partial charge on any atom is -0.375 e. The third-order valence-electron chi connectivity index (χ3n) is 4.22. The van der Waals surface area contributed by atoms with Gasteiger partial charge in [0.05, 0.1) is 12.1 Å². The van der Waals surface area contributed by atoms with Crippen molar-refractivity contribution in [3.05, 3.63) is 0 Å². The Bertz CT molecular complexity index is 335. The number of aliphatic imine (C=N–C) groups is 1. The lowest BCUT2D eigenvalue weighted by Crippen LogP contribution is -2.63. The molecule has 18 heavy (non-hydrogen) atoms. The van der Waals surface area contributed by atoms with Gasteiger partial charge >= 0.3 is 0 Å². The summed E-state index contributed by atoms with van der Waals surface area (Å²) in [5.74, 6) is 0.576. The van der Waals surface area contributed by atoms with E-state index in [0.717, 1.165) is 32.5 Å². The first-order valence-corrected chi connectivity index (χ1v) is 7.10. The van der Waals surface area contributed by atoms with Crippen molar-refractivity contribution in [2.24, 2.45) is 10.7 Å². The summed E-state index contributed by atoms with van der Waals surface area (Å²) in [6.45, 7) is 3.59. The van der Waals surface area contributed by atoms with E-state index in [9.17, 15) is 0 Å². The quantitative estimate of drug-likeness (QED) is 0.574. The van der Waals surface area contributed by atoms with Gasteiger partial charge in [-0.1, -0.05) is 0 Å². The maximum absolute atomic E-state index is 5.96. The van der Waals surface area contributed by atoms with Gasteiger partial charge in [0.25, 0.3) is 0 Å². The Morgan fingerprint density at radius 1 is 1.56 bits per heavy atom. The fraction of sp³-hybridized carbons (Fsp3) is 0.923. The van der Waals surface area contributed by atoms with Gasteiger partial charge in [0.2, 0.25) is 0 Å². The van der Waals surface area contributed by atoms with Crippen LogP contribution >= 0.6 is 0 Å². The van der Waals surface area contributed by atoms with E-state index >= 15 is 0 Å². The van der Waals surface area contributed by atoms with Crippen molar-refractivity contribution in [2.45, 2.75) is 62.8 Å². The van der Waals surface area contributed by atoms with E-state index in [1.807, 2.05) is 6.92 Å². The summed E-state index contributed by atoms with van der Waals surface area (Å²) in [6.07, 6.45) is 5.70. The van der Waals surface area contributed by atoms with Crippen molar-refractivity contribution in [3.8, 4) is 0 Å². The molecule has 3 unspecified atom stereocenters. The largest absolute Gasteiger partial charge is 0.375 e. The summed E-state index contributed by atoms with van der Waals surface area (Å²) in [5.41, 5.74) is 5.75. The summed E-state index contributed by atoms with van der Waals surface area (Å²) >= 11 is 0. The van der Waals surface area contributed by atoms with Crippen LogP contribution in [-0.2, 0) is 9.47 Å². The van der Waals surface area contributed by atoms with Crippen LogP contribution in [0.4, 0.5) is 0 Å².